The fourth-order valence-electron chi connectivity index (χ4n) is 2.22. The predicted octanol–water partition coefficient (Wildman–Crippen LogP) is 5.26. The van der Waals surface area contributed by atoms with Gasteiger partial charge in [0.05, 0.1) is 10.6 Å². The summed E-state index contributed by atoms with van der Waals surface area (Å²) in [6, 6.07) is 24.8. The van der Waals surface area contributed by atoms with Crippen molar-refractivity contribution < 1.29 is 4.79 Å². The molecule has 1 amide bonds. The summed E-state index contributed by atoms with van der Waals surface area (Å²) in [5, 5.41) is 3.30. The van der Waals surface area contributed by atoms with Crippen molar-refractivity contribution >= 4 is 23.2 Å². The first-order valence-electron chi connectivity index (χ1n) is 6.95. The van der Waals surface area contributed by atoms with Crippen molar-refractivity contribution in [3.63, 3.8) is 0 Å². The molecule has 0 unspecified atom stereocenters. The zero-order chi connectivity index (χ0) is 15.4. The molecule has 0 radical (unpaired) electrons. The first-order valence-corrected chi connectivity index (χ1v) is 7.33. The summed E-state index contributed by atoms with van der Waals surface area (Å²) in [4.78, 5) is 12.2. The molecule has 0 atom stereocenters. The molecule has 2 nitrogen and oxygen atoms in total. The van der Waals surface area contributed by atoms with E-state index < -0.39 is 0 Å². The zero-order valence-electron chi connectivity index (χ0n) is 11.8. The van der Waals surface area contributed by atoms with Crippen molar-refractivity contribution in [1.82, 2.24) is 0 Å². The van der Waals surface area contributed by atoms with Gasteiger partial charge in [0.25, 0.3) is 5.91 Å². The van der Waals surface area contributed by atoms with Crippen LogP contribution in [0.4, 0.5) is 5.69 Å². The van der Waals surface area contributed by atoms with Gasteiger partial charge < -0.3 is 5.32 Å². The maximum Gasteiger partial charge on any atom is 0.257 e. The summed E-state index contributed by atoms with van der Waals surface area (Å²) in [7, 11) is 0. The number of rotatable bonds is 3. The van der Waals surface area contributed by atoms with E-state index in [4.69, 9.17) is 11.6 Å². The third-order valence-electron chi connectivity index (χ3n) is 3.37. The lowest BCUT2D eigenvalue weighted by Gasteiger charge is -2.08. The molecule has 0 aromatic heterocycles. The van der Waals surface area contributed by atoms with Crippen LogP contribution < -0.4 is 5.32 Å². The lowest BCUT2D eigenvalue weighted by Crippen LogP contribution is -2.12. The van der Waals surface area contributed by atoms with Crippen LogP contribution in [-0.2, 0) is 0 Å². The van der Waals surface area contributed by atoms with E-state index in [0.29, 0.717) is 10.6 Å². The summed E-state index contributed by atoms with van der Waals surface area (Å²) in [5.41, 5.74) is 3.46. The van der Waals surface area contributed by atoms with Gasteiger partial charge in [0.15, 0.2) is 0 Å². The lowest BCUT2D eigenvalue weighted by molar-refractivity contribution is 0.102. The number of anilines is 1. The highest BCUT2D eigenvalue weighted by Gasteiger charge is 2.09. The standard InChI is InChI=1S/C19H14ClNO/c20-18-9-5-4-8-17(18)19(22)21-16-12-10-15(11-13-16)14-6-2-1-3-7-14/h1-13H,(H,21,22). The maximum atomic E-state index is 12.2. The smallest absolute Gasteiger partial charge is 0.257 e. The third kappa shape index (κ3) is 3.18. The number of halogens is 1. The van der Waals surface area contributed by atoms with Crippen LogP contribution in [0, 0.1) is 0 Å². The molecule has 0 aliphatic heterocycles. The van der Waals surface area contributed by atoms with E-state index in [1.807, 2.05) is 42.5 Å². The molecule has 0 saturated heterocycles. The Morgan fingerprint density at radius 1 is 0.727 bits per heavy atom. The van der Waals surface area contributed by atoms with Gasteiger partial charge in [0, 0.05) is 5.69 Å². The van der Waals surface area contributed by atoms with Gasteiger partial charge in [-0.05, 0) is 35.4 Å². The molecular weight excluding hydrogens is 294 g/mol. The van der Waals surface area contributed by atoms with E-state index in [1.54, 1.807) is 24.3 Å². The Kier molecular flexibility index (Phi) is 4.22. The molecule has 0 heterocycles. The van der Waals surface area contributed by atoms with Crippen molar-refractivity contribution in [2.45, 2.75) is 0 Å². The Bertz CT molecular complexity index is 782. The highest BCUT2D eigenvalue weighted by molar-refractivity contribution is 6.34. The molecule has 108 valence electrons. The van der Waals surface area contributed by atoms with Crippen molar-refractivity contribution in [2.24, 2.45) is 0 Å². The summed E-state index contributed by atoms with van der Waals surface area (Å²) < 4.78 is 0. The second-order valence-corrected chi connectivity index (χ2v) is 5.28. The van der Waals surface area contributed by atoms with Gasteiger partial charge in [-0.25, -0.2) is 0 Å². The van der Waals surface area contributed by atoms with Gasteiger partial charge in [-0.2, -0.15) is 0 Å². The second kappa shape index (κ2) is 6.46. The number of carbonyl (C=O) groups is 1. The average molecular weight is 308 g/mol. The number of carbonyl (C=O) groups excluding carboxylic acids is 1. The highest BCUT2D eigenvalue weighted by atomic mass is 35.5. The monoisotopic (exact) mass is 307 g/mol. The second-order valence-electron chi connectivity index (χ2n) is 4.88. The first-order chi connectivity index (χ1) is 10.7. The van der Waals surface area contributed by atoms with Crippen LogP contribution in [0.3, 0.4) is 0 Å². The van der Waals surface area contributed by atoms with Gasteiger partial charge in [-0.15, -0.1) is 0 Å². The SMILES string of the molecule is O=C(Nc1ccc(-c2ccccc2)cc1)c1ccccc1Cl. The van der Waals surface area contributed by atoms with Gasteiger partial charge in [-0.3, -0.25) is 4.79 Å². The molecule has 3 aromatic carbocycles. The third-order valence-corrected chi connectivity index (χ3v) is 3.70. The van der Waals surface area contributed by atoms with Crippen LogP contribution in [0.1, 0.15) is 10.4 Å². The largest absolute Gasteiger partial charge is 0.322 e. The van der Waals surface area contributed by atoms with E-state index in [9.17, 15) is 4.79 Å². The number of amides is 1. The zero-order valence-corrected chi connectivity index (χ0v) is 12.5. The maximum absolute atomic E-state index is 12.2. The predicted molar refractivity (Wildman–Crippen MR) is 91.3 cm³/mol. The van der Waals surface area contributed by atoms with Crippen LogP contribution >= 0.6 is 11.6 Å². The Balaban J connectivity index is 1.77. The molecule has 1 N–H and O–H groups in total. The minimum atomic E-state index is -0.210. The molecule has 0 spiro atoms. The molecule has 0 bridgehead atoms. The van der Waals surface area contributed by atoms with E-state index in [2.05, 4.69) is 17.4 Å². The molecule has 3 heteroatoms. The van der Waals surface area contributed by atoms with Crippen molar-refractivity contribution in [3.8, 4) is 11.1 Å². The Morgan fingerprint density at radius 2 is 1.32 bits per heavy atom. The number of hydrogen-bond acceptors (Lipinski definition) is 1. The Morgan fingerprint density at radius 3 is 2.00 bits per heavy atom. The molecule has 3 rings (SSSR count). The van der Waals surface area contributed by atoms with Crippen molar-refractivity contribution in [2.75, 3.05) is 5.32 Å². The number of benzene rings is 3. The van der Waals surface area contributed by atoms with Crippen LogP contribution in [-0.4, -0.2) is 5.91 Å². The average Bonchev–Trinajstić information content (AvgIpc) is 2.57. The minimum absolute atomic E-state index is 0.210. The van der Waals surface area contributed by atoms with Crippen LogP contribution in [0.15, 0.2) is 78.9 Å². The summed E-state index contributed by atoms with van der Waals surface area (Å²) in [6.45, 7) is 0. The van der Waals surface area contributed by atoms with E-state index in [1.165, 1.54) is 0 Å². The topological polar surface area (TPSA) is 29.1 Å². The molecule has 0 aliphatic carbocycles. The number of hydrogen-bond donors (Lipinski definition) is 1. The summed E-state index contributed by atoms with van der Waals surface area (Å²) >= 11 is 6.03. The number of nitrogens with one attached hydrogen (secondary N) is 1. The molecule has 0 aliphatic rings. The van der Waals surface area contributed by atoms with Gasteiger partial charge >= 0.3 is 0 Å². The van der Waals surface area contributed by atoms with Gasteiger partial charge in [-0.1, -0.05) is 66.2 Å². The molecule has 22 heavy (non-hydrogen) atoms. The van der Waals surface area contributed by atoms with Crippen LogP contribution in [0.25, 0.3) is 11.1 Å². The van der Waals surface area contributed by atoms with Gasteiger partial charge in [0.1, 0.15) is 0 Å². The normalized spacial score (nSPS) is 10.2. The lowest BCUT2D eigenvalue weighted by atomic mass is 10.1. The summed E-state index contributed by atoms with van der Waals surface area (Å²) in [5.74, 6) is -0.210. The van der Waals surface area contributed by atoms with Gasteiger partial charge in [0.2, 0.25) is 0 Å². The minimum Gasteiger partial charge on any atom is -0.322 e. The summed E-state index contributed by atoms with van der Waals surface area (Å²) in [6.07, 6.45) is 0. The van der Waals surface area contributed by atoms with Crippen LogP contribution in [0.5, 0.6) is 0 Å². The van der Waals surface area contributed by atoms with E-state index in [-0.39, 0.29) is 5.91 Å². The van der Waals surface area contributed by atoms with Crippen molar-refractivity contribution in [1.29, 1.82) is 0 Å². The van der Waals surface area contributed by atoms with E-state index in [0.717, 1.165) is 16.8 Å². The fourth-order valence-corrected chi connectivity index (χ4v) is 2.44. The fraction of sp³-hybridized carbons (Fsp3) is 0. The first kappa shape index (κ1) is 14.4. The Labute approximate surface area is 134 Å². The van der Waals surface area contributed by atoms with Crippen LogP contribution in [0.2, 0.25) is 5.02 Å². The Hall–Kier alpha value is -2.58. The molecular formula is C19H14ClNO. The molecule has 0 fully saturated rings. The molecule has 0 saturated carbocycles. The molecule has 3 aromatic rings. The van der Waals surface area contributed by atoms with Crippen molar-refractivity contribution in [3.05, 3.63) is 89.4 Å². The quantitative estimate of drug-likeness (QED) is 0.702. The highest BCUT2D eigenvalue weighted by Crippen LogP contribution is 2.22. The van der Waals surface area contributed by atoms with E-state index >= 15 is 0 Å².